The highest BCUT2D eigenvalue weighted by molar-refractivity contribution is 5.89. The minimum Gasteiger partial charge on any atom is -0.394 e. The summed E-state index contributed by atoms with van der Waals surface area (Å²) in [6, 6.07) is 3.86. The SMILES string of the molecule is OC[C@H]1O[C@@H](N2C=C(c3ccc[nH]3)C3C=NC=NC32)C(O)C1O. The molecule has 8 heteroatoms. The number of ether oxygens (including phenoxy) is 1. The maximum Gasteiger partial charge on any atom is 0.160 e. The van der Waals surface area contributed by atoms with Gasteiger partial charge in [-0.15, -0.1) is 0 Å². The van der Waals surface area contributed by atoms with Crippen molar-refractivity contribution in [3.8, 4) is 0 Å². The van der Waals surface area contributed by atoms with E-state index >= 15 is 0 Å². The van der Waals surface area contributed by atoms with Gasteiger partial charge < -0.3 is 29.9 Å². The van der Waals surface area contributed by atoms with Crippen LogP contribution < -0.4 is 0 Å². The van der Waals surface area contributed by atoms with Gasteiger partial charge in [0.15, 0.2) is 6.23 Å². The summed E-state index contributed by atoms with van der Waals surface area (Å²) in [7, 11) is 0. The molecule has 0 saturated carbocycles. The van der Waals surface area contributed by atoms with Crippen molar-refractivity contribution in [3.63, 3.8) is 0 Å². The topological polar surface area (TPSA) is 114 Å². The Hall–Kier alpha value is -2.00. The molecule has 1 aromatic rings. The summed E-state index contributed by atoms with van der Waals surface area (Å²) in [5.74, 6) is -0.0697. The standard InChI is InChI=1S/C15H18N4O4/c20-6-11-12(21)13(22)15(23-11)19-5-9(10-2-1-3-17-10)8-4-16-7-18-14(8)19/h1-5,7-8,11-15,17,20-22H,6H2/t8?,11-,12?,13?,14?,15-/m1/s1. The zero-order valence-electron chi connectivity index (χ0n) is 12.2. The molecule has 3 aliphatic rings. The number of hydrogen-bond donors (Lipinski definition) is 4. The second-order valence-corrected chi connectivity index (χ2v) is 5.85. The van der Waals surface area contributed by atoms with Gasteiger partial charge in [-0.2, -0.15) is 0 Å². The Labute approximate surface area is 132 Å². The molecule has 0 spiro atoms. The minimum absolute atomic E-state index is 0.0697. The lowest BCUT2D eigenvalue weighted by atomic mass is 9.98. The molecule has 4 N–H and O–H groups in total. The maximum absolute atomic E-state index is 10.3. The van der Waals surface area contributed by atoms with Crippen LogP contribution in [0.4, 0.5) is 0 Å². The van der Waals surface area contributed by atoms with Crippen LogP contribution in [0.25, 0.3) is 5.57 Å². The van der Waals surface area contributed by atoms with E-state index in [-0.39, 0.29) is 18.7 Å². The van der Waals surface area contributed by atoms with Gasteiger partial charge in [0.05, 0.1) is 12.5 Å². The van der Waals surface area contributed by atoms with Crippen molar-refractivity contribution in [1.82, 2.24) is 9.88 Å². The van der Waals surface area contributed by atoms with Crippen LogP contribution in [-0.4, -0.2) is 75.1 Å². The Morgan fingerprint density at radius 1 is 1.30 bits per heavy atom. The Kier molecular flexibility index (Phi) is 3.53. The molecule has 0 aromatic carbocycles. The van der Waals surface area contributed by atoms with E-state index in [2.05, 4.69) is 15.0 Å². The predicted octanol–water partition coefficient (Wildman–Crippen LogP) is -0.835. The van der Waals surface area contributed by atoms with Crippen LogP contribution in [0.2, 0.25) is 0 Å². The van der Waals surface area contributed by atoms with Crippen molar-refractivity contribution in [2.75, 3.05) is 6.61 Å². The molecule has 23 heavy (non-hydrogen) atoms. The second-order valence-electron chi connectivity index (χ2n) is 5.85. The number of nitrogens with one attached hydrogen (secondary N) is 1. The highest BCUT2D eigenvalue weighted by Gasteiger charge is 2.49. The number of rotatable bonds is 3. The van der Waals surface area contributed by atoms with Gasteiger partial charge in [-0.05, 0) is 12.1 Å². The predicted molar refractivity (Wildman–Crippen MR) is 82.6 cm³/mol. The largest absolute Gasteiger partial charge is 0.394 e. The third-order valence-electron chi connectivity index (χ3n) is 4.53. The van der Waals surface area contributed by atoms with Crippen LogP contribution in [0.15, 0.2) is 34.5 Å². The molecule has 1 fully saturated rings. The molecule has 4 unspecified atom stereocenters. The van der Waals surface area contributed by atoms with Crippen LogP contribution in [0.1, 0.15) is 5.69 Å². The first-order valence-corrected chi connectivity index (χ1v) is 7.51. The number of fused-ring (bicyclic) bond motifs is 1. The van der Waals surface area contributed by atoms with E-state index in [1.165, 1.54) is 6.34 Å². The Bertz CT molecular complexity index is 656. The lowest BCUT2D eigenvalue weighted by Crippen LogP contribution is -2.46. The zero-order valence-corrected chi connectivity index (χ0v) is 12.2. The molecule has 122 valence electrons. The number of aromatic nitrogens is 1. The van der Waals surface area contributed by atoms with Crippen molar-refractivity contribution in [2.24, 2.45) is 15.9 Å². The number of H-pyrrole nitrogens is 1. The van der Waals surface area contributed by atoms with Gasteiger partial charge in [0.1, 0.15) is 30.8 Å². The third kappa shape index (κ3) is 2.22. The molecule has 8 nitrogen and oxygen atoms in total. The fraction of sp³-hybridized carbons (Fsp3) is 0.467. The van der Waals surface area contributed by atoms with E-state index in [1.807, 2.05) is 30.7 Å². The van der Waals surface area contributed by atoms with Crippen molar-refractivity contribution in [1.29, 1.82) is 0 Å². The van der Waals surface area contributed by atoms with Crippen molar-refractivity contribution < 1.29 is 20.1 Å². The zero-order chi connectivity index (χ0) is 16.0. The quantitative estimate of drug-likeness (QED) is 0.581. The normalized spacial score (nSPS) is 38.9. The van der Waals surface area contributed by atoms with Gasteiger partial charge in [0.2, 0.25) is 0 Å². The molecule has 3 aliphatic heterocycles. The van der Waals surface area contributed by atoms with E-state index in [0.29, 0.717) is 0 Å². The maximum atomic E-state index is 10.3. The van der Waals surface area contributed by atoms with Crippen molar-refractivity contribution >= 4 is 18.1 Å². The highest BCUT2D eigenvalue weighted by atomic mass is 16.6. The number of aliphatic imine (C=N–C) groups is 2. The molecule has 0 radical (unpaired) electrons. The lowest BCUT2D eigenvalue weighted by Gasteiger charge is -2.32. The van der Waals surface area contributed by atoms with E-state index in [0.717, 1.165) is 11.3 Å². The summed E-state index contributed by atoms with van der Waals surface area (Å²) < 4.78 is 5.64. The van der Waals surface area contributed by atoms with Crippen LogP contribution in [-0.2, 0) is 4.74 Å². The lowest BCUT2D eigenvalue weighted by molar-refractivity contribution is -0.0897. The minimum atomic E-state index is -1.13. The van der Waals surface area contributed by atoms with Gasteiger partial charge in [-0.25, -0.2) is 9.98 Å². The number of nitrogens with zero attached hydrogens (tertiary/aromatic N) is 3. The summed E-state index contributed by atoms with van der Waals surface area (Å²) in [5, 5.41) is 29.5. The van der Waals surface area contributed by atoms with Crippen LogP contribution in [0.5, 0.6) is 0 Å². The molecule has 4 heterocycles. The number of aromatic amines is 1. The van der Waals surface area contributed by atoms with Gasteiger partial charge >= 0.3 is 0 Å². The molecule has 0 aliphatic carbocycles. The number of hydrogen-bond acceptors (Lipinski definition) is 7. The molecule has 1 saturated heterocycles. The third-order valence-corrected chi connectivity index (χ3v) is 4.53. The summed E-state index contributed by atoms with van der Waals surface area (Å²) in [6.07, 6.45) is 2.86. The molecule has 0 bridgehead atoms. The Morgan fingerprint density at radius 2 is 2.17 bits per heavy atom. The Morgan fingerprint density at radius 3 is 2.87 bits per heavy atom. The van der Waals surface area contributed by atoms with Gasteiger partial charge in [0, 0.05) is 29.9 Å². The fourth-order valence-corrected chi connectivity index (χ4v) is 3.34. The van der Waals surface area contributed by atoms with E-state index in [4.69, 9.17) is 4.74 Å². The van der Waals surface area contributed by atoms with Crippen molar-refractivity contribution in [2.45, 2.75) is 30.7 Å². The fourth-order valence-electron chi connectivity index (χ4n) is 3.34. The average Bonchev–Trinajstić information content (AvgIpc) is 3.27. The van der Waals surface area contributed by atoms with Crippen LogP contribution in [0, 0.1) is 5.92 Å². The summed E-state index contributed by atoms with van der Waals surface area (Å²) in [6.45, 7) is -0.353. The highest BCUT2D eigenvalue weighted by Crippen LogP contribution is 2.39. The van der Waals surface area contributed by atoms with Crippen LogP contribution in [0.3, 0.4) is 0 Å². The van der Waals surface area contributed by atoms with Gasteiger partial charge in [0.25, 0.3) is 0 Å². The number of aliphatic hydroxyl groups excluding tert-OH is 3. The van der Waals surface area contributed by atoms with Gasteiger partial charge in [-0.1, -0.05) is 0 Å². The molecule has 6 atom stereocenters. The molecular weight excluding hydrogens is 300 g/mol. The Balaban J connectivity index is 1.68. The molecular formula is C15H18N4O4. The average molecular weight is 318 g/mol. The van der Waals surface area contributed by atoms with E-state index in [1.54, 1.807) is 4.90 Å². The second kappa shape index (κ2) is 5.57. The first kappa shape index (κ1) is 14.6. The van der Waals surface area contributed by atoms with Crippen molar-refractivity contribution in [3.05, 3.63) is 30.2 Å². The van der Waals surface area contributed by atoms with Gasteiger partial charge in [-0.3, -0.25) is 0 Å². The van der Waals surface area contributed by atoms with E-state index in [9.17, 15) is 15.3 Å². The monoisotopic (exact) mass is 318 g/mol. The van der Waals surface area contributed by atoms with Crippen LogP contribution >= 0.6 is 0 Å². The first-order chi connectivity index (χ1) is 11.2. The summed E-state index contributed by atoms with van der Waals surface area (Å²) in [4.78, 5) is 13.5. The summed E-state index contributed by atoms with van der Waals surface area (Å²) >= 11 is 0. The molecule has 0 amide bonds. The summed E-state index contributed by atoms with van der Waals surface area (Å²) in [5.41, 5.74) is 1.93. The molecule has 1 aromatic heterocycles. The number of aliphatic hydroxyl groups is 3. The first-order valence-electron chi connectivity index (χ1n) is 7.51. The van der Waals surface area contributed by atoms with E-state index < -0.39 is 24.5 Å². The molecule has 4 rings (SSSR count). The smallest absolute Gasteiger partial charge is 0.160 e.